The Morgan fingerprint density at radius 1 is 0.696 bits per heavy atom. The summed E-state index contributed by atoms with van der Waals surface area (Å²) in [6.45, 7) is 0.863. The molecular formula is C36H30BBr2F4N3. The predicted molar refractivity (Wildman–Crippen MR) is 183 cm³/mol. The topological polar surface area (TPSA) is 30.9 Å². The number of nitriles is 1. The molecule has 5 rings (SSSR count). The molecule has 0 aliphatic heterocycles. The van der Waals surface area contributed by atoms with Gasteiger partial charge in [-0.15, -0.1) is 0 Å². The molecule has 0 aliphatic carbocycles. The van der Waals surface area contributed by atoms with E-state index in [-0.39, 0.29) is 27.2 Å². The Hall–Kier alpha value is -4.20. The first-order valence-electron chi connectivity index (χ1n) is 13.6. The fraction of sp³-hybridized carbons (Fsp3) is 0.111. The number of unbranched alkanes of at least 4 members (excludes halogenated alkanes) is 1. The molecule has 0 N–H and O–H groups in total. The van der Waals surface area contributed by atoms with Gasteiger partial charge in [0.2, 0.25) is 17.1 Å². The molecule has 0 amide bonds. The maximum Gasteiger partial charge on any atom is 3.00 e. The first-order valence-corrected chi connectivity index (χ1v) is 15.1. The number of halogens is 6. The Morgan fingerprint density at radius 2 is 1.26 bits per heavy atom. The van der Waals surface area contributed by atoms with Crippen LogP contribution in [0.3, 0.4) is 0 Å². The second-order valence-corrected chi connectivity index (χ2v) is 11.7. The van der Waals surface area contributed by atoms with Gasteiger partial charge in [0.15, 0.2) is 0 Å². The number of hydrogen-bond donors (Lipinski definition) is 0. The molecule has 3 nitrogen and oxygen atoms in total. The van der Waals surface area contributed by atoms with Crippen molar-refractivity contribution >= 4 is 58.1 Å². The van der Waals surface area contributed by atoms with E-state index in [2.05, 4.69) is 176 Å². The van der Waals surface area contributed by atoms with Gasteiger partial charge in [0.05, 0.1) is 6.07 Å². The van der Waals surface area contributed by atoms with E-state index in [0.717, 1.165) is 66.9 Å². The van der Waals surface area contributed by atoms with Crippen LogP contribution in [0.15, 0.2) is 124 Å². The number of rotatable bonds is 9. The van der Waals surface area contributed by atoms with E-state index in [4.69, 9.17) is 5.26 Å². The smallest absolute Gasteiger partial charge is 1.00 e. The van der Waals surface area contributed by atoms with Crippen molar-refractivity contribution in [3.8, 4) is 34.1 Å². The van der Waals surface area contributed by atoms with Gasteiger partial charge in [-0.05, 0) is 77.7 Å². The van der Waals surface area contributed by atoms with Crippen LogP contribution in [0, 0.1) is 11.3 Å². The number of para-hydroxylation sites is 1. The second kappa shape index (κ2) is 20.0. The molecule has 1 heterocycles. The molecule has 10 heteroatoms. The molecule has 234 valence electrons. The van der Waals surface area contributed by atoms with Crippen LogP contribution < -0.4 is 28.3 Å². The first kappa shape index (κ1) is 41.8. The number of pyridine rings is 1. The maximum atomic E-state index is 8.84. The maximum absolute atomic E-state index is 8.84. The fourth-order valence-corrected chi connectivity index (χ4v) is 5.32. The van der Waals surface area contributed by atoms with E-state index in [1.54, 1.807) is 0 Å². The Labute approximate surface area is 286 Å². The summed E-state index contributed by atoms with van der Waals surface area (Å²) in [6.07, 6.45) is 5.81. The Morgan fingerprint density at radius 3 is 1.83 bits per heavy atom. The third-order valence-corrected chi connectivity index (χ3v) is 8.05. The molecule has 0 saturated heterocycles. The van der Waals surface area contributed by atoms with Crippen molar-refractivity contribution in [1.29, 1.82) is 5.26 Å². The summed E-state index contributed by atoms with van der Waals surface area (Å²) in [5, 5.41) is 8.84. The van der Waals surface area contributed by atoms with Crippen LogP contribution in [0.5, 0.6) is 0 Å². The number of benzene rings is 4. The minimum atomic E-state index is 0. The predicted octanol–water partition coefficient (Wildman–Crippen LogP) is -2.63. The summed E-state index contributed by atoms with van der Waals surface area (Å²) in [6, 6.07) is 42.8. The molecule has 0 bridgehead atoms. The largest absolute Gasteiger partial charge is 3.00 e. The number of aromatic nitrogens is 1. The van der Waals surface area contributed by atoms with Crippen molar-refractivity contribution < 1.29 is 23.4 Å². The third-order valence-electron chi connectivity index (χ3n) is 6.99. The van der Waals surface area contributed by atoms with E-state index in [0.29, 0.717) is 6.42 Å². The standard InChI is InChI=1S/C36H30Br2N3.B.4FH/c1-40(24-6-5-23-39)33-20-9-27(10-21-33)11-22-35-25-30(28-12-16-31(37)17-13-28)26-36(29-14-18-32(38)19-15-29)41(35)34-7-3-2-4-8-34;;;;;/h2-4,7-22,25-26H,5-6,24H2,1H3;;4*1H/q+1;+3;;;;/p-4. The molecule has 5 aromatic rings. The Bertz CT molecular complexity index is 1700. The molecule has 1 aromatic heterocycles. The summed E-state index contributed by atoms with van der Waals surface area (Å²) >= 11 is 7.17. The Balaban J connectivity index is 0.00000405. The van der Waals surface area contributed by atoms with Crippen LogP contribution in [0.1, 0.15) is 24.1 Å². The fourth-order valence-electron chi connectivity index (χ4n) is 4.79. The van der Waals surface area contributed by atoms with Gasteiger partial charge in [0, 0.05) is 70.6 Å². The molecule has 0 saturated carbocycles. The van der Waals surface area contributed by atoms with Gasteiger partial charge < -0.3 is 23.7 Å². The summed E-state index contributed by atoms with van der Waals surface area (Å²) in [5.41, 5.74) is 9.00. The van der Waals surface area contributed by atoms with Crippen LogP contribution in [0.25, 0.3) is 40.2 Å². The van der Waals surface area contributed by atoms with Crippen LogP contribution in [0.2, 0.25) is 0 Å². The van der Waals surface area contributed by atoms with E-state index in [1.165, 1.54) is 0 Å². The molecule has 0 fully saturated rings. The SMILES string of the molecule is CN(CCCC#N)c1ccc(/C=C/c2cc(-c3ccc(Br)cc3)cc(-c3ccc(Br)cc3)[n+]2-c2ccccc2)cc1.[B+3].[F-].[F-].[F-].[F-]. The van der Waals surface area contributed by atoms with Gasteiger partial charge in [-0.25, -0.2) is 0 Å². The van der Waals surface area contributed by atoms with Crippen molar-refractivity contribution in [1.82, 2.24) is 0 Å². The number of hydrogen-bond acceptors (Lipinski definition) is 2. The molecule has 0 spiro atoms. The monoisotopic (exact) mass is 749 g/mol. The third kappa shape index (κ3) is 10.4. The molecule has 0 atom stereocenters. The van der Waals surface area contributed by atoms with Crippen LogP contribution in [0.4, 0.5) is 5.69 Å². The normalized spacial score (nSPS) is 9.78. The van der Waals surface area contributed by atoms with Gasteiger partial charge in [-0.1, -0.05) is 74.3 Å². The average molecular weight is 751 g/mol. The second-order valence-electron chi connectivity index (χ2n) is 9.85. The minimum absolute atomic E-state index is 0. The van der Waals surface area contributed by atoms with Gasteiger partial charge in [-0.2, -0.15) is 9.83 Å². The molecule has 46 heavy (non-hydrogen) atoms. The van der Waals surface area contributed by atoms with Crippen LogP contribution in [-0.2, 0) is 0 Å². The molecular weight excluding hydrogens is 721 g/mol. The van der Waals surface area contributed by atoms with Crippen LogP contribution >= 0.6 is 31.9 Å². The van der Waals surface area contributed by atoms with E-state index < -0.39 is 0 Å². The summed E-state index contributed by atoms with van der Waals surface area (Å²) in [5.74, 6) is 0. The zero-order valence-corrected chi connectivity index (χ0v) is 28.1. The number of anilines is 1. The van der Waals surface area contributed by atoms with Gasteiger partial charge in [0.1, 0.15) is 0 Å². The molecule has 4 aromatic carbocycles. The molecule has 0 unspecified atom stereocenters. The van der Waals surface area contributed by atoms with Gasteiger partial charge >= 0.3 is 8.41 Å². The van der Waals surface area contributed by atoms with E-state index in [1.807, 2.05) is 6.07 Å². The number of nitrogens with zero attached hydrogens (tertiary/aromatic N) is 3. The van der Waals surface area contributed by atoms with Crippen molar-refractivity contribution in [2.24, 2.45) is 0 Å². The van der Waals surface area contributed by atoms with Crippen molar-refractivity contribution in [2.75, 3.05) is 18.5 Å². The summed E-state index contributed by atoms with van der Waals surface area (Å²) in [4.78, 5) is 2.19. The Kier molecular flexibility index (Phi) is 18.2. The quantitative estimate of drug-likeness (QED) is 0.0716. The molecule has 0 aliphatic rings. The van der Waals surface area contributed by atoms with Crippen molar-refractivity contribution in [3.63, 3.8) is 0 Å². The molecule has 0 radical (unpaired) electrons. The zero-order valence-electron chi connectivity index (χ0n) is 24.9. The zero-order chi connectivity index (χ0) is 28.6. The van der Waals surface area contributed by atoms with E-state index in [9.17, 15) is 0 Å². The summed E-state index contributed by atoms with van der Waals surface area (Å²) in [7, 11) is 2.07. The average Bonchev–Trinajstić information content (AvgIpc) is 3.01. The first-order chi connectivity index (χ1) is 20.0. The minimum Gasteiger partial charge on any atom is -1.00 e. The van der Waals surface area contributed by atoms with E-state index >= 15 is 0 Å². The van der Waals surface area contributed by atoms with Crippen molar-refractivity contribution in [2.45, 2.75) is 12.8 Å². The van der Waals surface area contributed by atoms with Gasteiger partial charge in [-0.3, -0.25) is 0 Å². The summed E-state index contributed by atoms with van der Waals surface area (Å²) < 4.78 is 4.43. The van der Waals surface area contributed by atoms with Gasteiger partial charge in [0.25, 0.3) is 0 Å². The van der Waals surface area contributed by atoms with Crippen molar-refractivity contribution in [3.05, 3.63) is 135 Å². The van der Waals surface area contributed by atoms with Crippen LogP contribution in [-0.4, -0.2) is 22.0 Å².